The molecule has 0 aromatic carbocycles. The molecule has 1 aliphatic heterocycles. The molecule has 13 heavy (non-hydrogen) atoms. The molecule has 0 radical (unpaired) electrons. The lowest BCUT2D eigenvalue weighted by Crippen LogP contribution is -2.29. The van der Waals surface area contributed by atoms with Crippen LogP contribution in [0.5, 0.6) is 0 Å². The van der Waals surface area contributed by atoms with Crippen molar-refractivity contribution >= 4 is 29.4 Å². The summed E-state index contributed by atoms with van der Waals surface area (Å²) in [7, 11) is 0. The highest BCUT2D eigenvalue weighted by molar-refractivity contribution is 6.39. The van der Waals surface area contributed by atoms with E-state index in [0.29, 0.717) is 11.0 Å². The number of aliphatic imine (C=N–C) groups is 1. The Labute approximate surface area is 89.2 Å². The zero-order valence-corrected chi connectivity index (χ0v) is 9.39. The van der Waals surface area contributed by atoms with Crippen molar-refractivity contribution in [1.29, 1.82) is 0 Å². The van der Waals surface area contributed by atoms with Crippen LogP contribution in [0, 0.1) is 5.92 Å². The van der Waals surface area contributed by atoms with E-state index in [4.69, 9.17) is 23.2 Å². The molecule has 1 unspecified atom stereocenters. The number of halogens is 2. The van der Waals surface area contributed by atoms with Crippen LogP contribution in [0.15, 0.2) is 16.2 Å². The molecular formula is C9H14Cl2N2. The van der Waals surface area contributed by atoms with Gasteiger partial charge in [-0.2, -0.15) is 0 Å². The van der Waals surface area contributed by atoms with Crippen molar-refractivity contribution in [2.75, 3.05) is 6.54 Å². The third kappa shape index (κ3) is 3.57. The van der Waals surface area contributed by atoms with E-state index in [-0.39, 0.29) is 5.62 Å². The van der Waals surface area contributed by atoms with Crippen molar-refractivity contribution in [2.24, 2.45) is 10.9 Å². The summed E-state index contributed by atoms with van der Waals surface area (Å²) in [6, 6.07) is 0. The lowest BCUT2D eigenvalue weighted by molar-refractivity contribution is 0.325. The minimum absolute atomic E-state index is 0.291. The second-order valence-corrected chi connectivity index (χ2v) is 4.35. The normalized spacial score (nSPS) is 22.4. The molecule has 1 rings (SSSR count). The monoisotopic (exact) mass is 220 g/mol. The molecule has 0 bridgehead atoms. The Balaban J connectivity index is 2.45. The van der Waals surface area contributed by atoms with Gasteiger partial charge in [-0.3, -0.25) is 4.99 Å². The standard InChI is InChI=1S/C9H14Cl2N2/c1-7(2)3-4-13-6-8(10)5-12-9(13)11/h5-7,9H,3-4H2,1-2H3. The van der Waals surface area contributed by atoms with E-state index in [1.54, 1.807) is 6.21 Å². The molecule has 0 N–H and O–H groups in total. The largest absolute Gasteiger partial charge is 0.342 e. The minimum atomic E-state index is -0.291. The van der Waals surface area contributed by atoms with Crippen LogP contribution in [0.25, 0.3) is 0 Å². The first kappa shape index (κ1) is 10.9. The van der Waals surface area contributed by atoms with Gasteiger partial charge in [-0.25, -0.2) is 0 Å². The number of nitrogens with zero attached hydrogens (tertiary/aromatic N) is 2. The summed E-state index contributed by atoms with van der Waals surface area (Å²) >= 11 is 11.8. The summed E-state index contributed by atoms with van der Waals surface area (Å²) in [5, 5.41) is 0.639. The average molecular weight is 221 g/mol. The maximum absolute atomic E-state index is 5.96. The second-order valence-electron chi connectivity index (χ2n) is 3.52. The molecule has 0 saturated heterocycles. The van der Waals surface area contributed by atoms with Crippen molar-refractivity contribution in [3.05, 3.63) is 11.2 Å². The number of hydrogen-bond acceptors (Lipinski definition) is 2. The molecule has 1 aliphatic rings. The zero-order chi connectivity index (χ0) is 9.84. The zero-order valence-electron chi connectivity index (χ0n) is 7.87. The number of allylic oxidation sites excluding steroid dienone is 1. The van der Waals surface area contributed by atoms with Crippen molar-refractivity contribution < 1.29 is 0 Å². The van der Waals surface area contributed by atoms with Gasteiger partial charge in [-0.1, -0.05) is 37.0 Å². The van der Waals surface area contributed by atoms with Crippen LogP contribution in [0.3, 0.4) is 0 Å². The predicted molar refractivity (Wildman–Crippen MR) is 58.2 cm³/mol. The van der Waals surface area contributed by atoms with Crippen LogP contribution in [0.1, 0.15) is 20.3 Å². The Morgan fingerprint density at radius 2 is 2.31 bits per heavy atom. The molecule has 0 aromatic heterocycles. The molecule has 1 heterocycles. The first-order valence-electron chi connectivity index (χ1n) is 4.40. The van der Waals surface area contributed by atoms with Gasteiger partial charge in [-0.05, 0) is 12.3 Å². The van der Waals surface area contributed by atoms with Gasteiger partial charge in [-0.15, -0.1) is 0 Å². The van der Waals surface area contributed by atoms with Gasteiger partial charge >= 0.3 is 0 Å². The van der Waals surface area contributed by atoms with E-state index in [1.165, 1.54) is 0 Å². The van der Waals surface area contributed by atoms with Gasteiger partial charge in [0.05, 0.1) is 5.03 Å². The van der Waals surface area contributed by atoms with Gasteiger partial charge < -0.3 is 4.90 Å². The summed E-state index contributed by atoms with van der Waals surface area (Å²) in [5.74, 6) is 0.668. The summed E-state index contributed by atoms with van der Waals surface area (Å²) < 4.78 is 0. The highest BCUT2D eigenvalue weighted by atomic mass is 35.5. The van der Waals surface area contributed by atoms with Gasteiger partial charge in [0.1, 0.15) is 0 Å². The molecule has 0 aromatic rings. The third-order valence-electron chi connectivity index (χ3n) is 1.85. The minimum Gasteiger partial charge on any atom is -0.342 e. The maximum Gasteiger partial charge on any atom is 0.197 e. The molecule has 1 atom stereocenters. The van der Waals surface area contributed by atoms with Crippen LogP contribution in [-0.4, -0.2) is 23.3 Å². The Morgan fingerprint density at radius 3 is 2.92 bits per heavy atom. The van der Waals surface area contributed by atoms with Crippen LogP contribution in [0.2, 0.25) is 0 Å². The molecule has 0 aliphatic carbocycles. The van der Waals surface area contributed by atoms with Crippen molar-refractivity contribution in [1.82, 2.24) is 4.90 Å². The average Bonchev–Trinajstić information content (AvgIpc) is 2.06. The quantitative estimate of drug-likeness (QED) is 0.528. The fourth-order valence-corrected chi connectivity index (χ4v) is 1.44. The highest BCUT2D eigenvalue weighted by Crippen LogP contribution is 2.17. The molecule has 2 nitrogen and oxygen atoms in total. The maximum atomic E-state index is 5.96. The van der Waals surface area contributed by atoms with Gasteiger partial charge in [0.15, 0.2) is 5.62 Å². The second kappa shape index (κ2) is 4.87. The molecule has 0 saturated carbocycles. The fraction of sp³-hybridized carbons (Fsp3) is 0.667. The fourth-order valence-electron chi connectivity index (χ4n) is 1.05. The van der Waals surface area contributed by atoms with Crippen LogP contribution in [0.4, 0.5) is 0 Å². The summed E-state index contributed by atoms with van der Waals surface area (Å²) in [6.07, 6.45) is 4.53. The van der Waals surface area contributed by atoms with Crippen molar-refractivity contribution in [3.8, 4) is 0 Å². The Hall–Kier alpha value is -0.210. The molecule has 0 spiro atoms. The molecule has 0 fully saturated rings. The third-order valence-corrected chi connectivity index (χ3v) is 2.41. The van der Waals surface area contributed by atoms with E-state index < -0.39 is 0 Å². The highest BCUT2D eigenvalue weighted by Gasteiger charge is 2.14. The summed E-state index contributed by atoms with van der Waals surface area (Å²) in [4.78, 5) is 5.98. The van der Waals surface area contributed by atoms with Crippen LogP contribution in [-0.2, 0) is 0 Å². The van der Waals surface area contributed by atoms with Gasteiger partial charge in [0.25, 0.3) is 0 Å². The van der Waals surface area contributed by atoms with E-state index in [0.717, 1.165) is 13.0 Å². The van der Waals surface area contributed by atoms with Crippen molar-refractivity contribution in [2.45, 2.75) is 25.9 Å². The summed E-state index contributed by atoms with van der Waals surface area (Å²) in [5.41, 5.74) is -0.291. The van der Waals surface area contributed by atoms with E-state index in [1.807, 2.05) is 11.1 Å². The van der Waals surface area contributed by atoms with Gasteiger partial charge in [0, 0.05) is 19.0 Å². The lowest BCUT2D eigenvalue weighted by atomic mass is 10.1. The molecule has 74 valence electrons. The number of alkyl halides is 1. The number of hydrogen-bond donors (Lipinski definition) is 0. The smallest absolute Gasteiger partial charge is 0.197 e. The van der Waals surface area contributed by atoms with Crippen molar-refractivity contribution in [3.63, 3.8) is 0 Å². The topological polar surface area (TPSA) is 15.6 Å². The first-order chi connectivity index (χ1) is 6.09. The first-order valence-corrected chi connectivity index (χ1v) is 5.21. The Morgan fingerprint density at radius 1 is 1.62 bits per heavy atom. The Kier molecular flexibility index (Phi) is 4.07. The predicted octanol–water partition coefficient (Wildman–Crippen LogP) is 3.02. The van der Waals surface area contributed by atoms with E-state index >= 15 is 0 Å². The molecule has 4 heteroatoms. The summed E-state index contributed by atoms with van der Waals surface area (Å²) in [6.45, 7) is 5.27. The van der Waals surface area contributed by atoms with E-state index in [2.05, 4.69) is 18.8 Å². The van der Waals surface area contributed by atoms with Crippen LogP contribution < -0.4 is 0 Å². The van der Waals surface area contributed by atoms with E-state index in [9.17, 15) is 0 Å². The Bertz CT molecular complexity index is 224. The lowest BCUT2D eigenvalue weighted by Gasteiger charge is -2.26. The SMILES string of the molecule is CC(C)CCN1C=C(Cl)C=NC1Cl. The molecule has 0 amide bonds. The number of rotatable bonds is 3. The van der Waals surface area contributed by atoms with Gasteiger partial charge in [0.2, 0.25) is 0 Å². The van der Waals surface area contributed by atoms with Crippen LogP contribution >= 0.6 is 23.2 Å². The molecular weight excluding hydrogens is 207 g/mol.